The third kappa shape index (κ3) is 3.50. The first-order chi connectivity index (χ1) is 7.15. The van der Waals surface area contributed by atoms with Crippen molar-refractivity contribution in [3.05, 3.63) is 0 Å². The van der Waals surface area contributed by atoms with Crippen LogP contribution in [0.5, 0.6) is 0 Å². The highest BCUT2D eigenvalue weighted by atomic mass is 32.2. The highest BCUT2D eigenvalue weighted by Gasteiger charge is 2.15. The molecule has 0 amide bonds. The Morgan fingerprint density at radius 3 is 2.93 bits per heavy atom. The zero-order chi connectivity index (χ0) is 11.3. The van der Waals surface area contributed by atoms with Crippen LogP contribution in [0.3, 0.4) is 0 Å². The number of rotatable bonds is 5. The molecule has 0 saturated carbocycles. The van der Waals surface area contributed by atoms with Crippen molar-refractivity contribution < 1.29 is 9.53 Å². The molecule has 0 aliphatic carbocycles. The Kier molecular flexibility index (Phi) is 4.54. The van der Waals surface area contributed by atoms with Gasteiger partial charge in [-0.25, -0.2) is 4.68 Å². The molecule has 1 aromatic heterocycles. The van der Waals surface area contributed by atoms with Gasteiger partial charge in [0.05, 0.1) is 12.5 Å². The third-order valence-electron chi connectivity index (χ3n) is 1.73. The Labute approximate surface area is 92.4 Å². The molecule has 1 unspecified atom stereocenters. The smallest absolute Gasteiger partial charge is 0.309 e. The van der Waals surface area contributed by atoms with Crippen molar-refractivity contribution in [1.29, 1.82) is 0 Å². The van der Waals surface area contributed by atoms with Gasteiger partial charge >= 0.3 is 5.97 Å². The van der Waals surface area contributed by atoms with Crippen LogP contribution >= 0.6 is 11.8 Å². The largest absolute Gasteiger partial charge is 0.466 e. The predicted octanol–water partition coefficient (Wildman–Crippen LogP) is 0.501. The minimum atomic E-state index is -0.180. The number of hydrogen-bond donors (Lipinski definition) is 0. The molecule has 1 atom stereocenters. The molecule has 1 aromatic rings. The van der Waals surface area contributed by atoms with Gasteiger partial charge < -0.3 is 4.74 Å². The number of thioether (sulfide) groups is 1. The van der Waals surface area contributed by atoms with Crippen LogP contribution in [0.15, 0.2) is 5.16 Å². The van der Waals surface area contributed by atoms with E-state index in [0.717, 1.165) is 0 Å². The number of hydrogen-bond acceptors (Lipinski definition) is 6. The molecule has 0 saturated heterocycles. The lowest BCUT2D eigenvalue weighted by Gasteiger charge is -2.08. The van der Waals surface area contributed by atoms with E-state index in [1.807, 2.05) is 6.92 Å². The van der Waals surface area contributed by atoms with Crippen molar-refractivity contribution in [2.24, 2.45) is 13.0 Å². The molecule has 0 aliphatic heterocycles. The summed E-state index contributed by atoms with van der Waals surface area (Å²) in [5.74, 6) is 0.291. The van der Waals surface area contributed by atoms with Gasteiger partial charge in [-0.2, -0.15) is 0 Å². The molecule has 1 rings (SSSR count). The molecule has 0 fully saturated rings. The molecule has 0 radical (unpaired) electrons. The fraction of sp³-hybridized carbons (Fsp3) is 0.750. The van der Waals surface area contributed by atoms with Gasteiger partial charge in [-0.15, -0.1) is 5.10 Å². The molecule has 0 aliphatic rings. The maximum Gasteiger partial charge on any atom is 0.309 e. The van der Waals surface area contributed by atoms with Crippen LogP contribution in [0.1, 0.15) is 13.8 Å². The molecular weight excluding hydrogens is 216 g/mol. The van der Waals surface area contributed by atoms with Crippen molar-refractivity contribution in [2.75, 3.05) is 12.4 Å². The van der Waals surface area contributed by atoms with Crippen LogP contribution in [0.25, 0.3) is 0 Å². The average Bonchev–Trinajstić information content (AvgIpc) is 2.61. The SMILES string of the molecule is CCOC(=O)C(C)CSc1nnnn1C. The summed E-state index contributed by atoms with van der Waals surface area (Å²) in [5, 5.41) is 11.7. The summed E-state index contributed by atoms with van der Waals surface area (Å²) < 4.78 is 6.47. The Hall–Kier alpha value is -1.11. The van der Waals surface area contributed by atoms with Gasteiger partial charge in [0.25, 0.3) is 0 Å². The van der Waals surface area contributed by atoms with Crippen molar-refractivity contribution in [3.63, 3.8) is 0 Å². The van der Waals surface area contributed by atoms with Crippen molar-refractivity contribution in [2.45, 2.75) is 19.0 Å². The molecule has 7 heteroatoms. The van der Waals surface area contributed by atoms with Gasteiger partial charge in [0.2, 0.25) is 5.16 Å². The van der Waals surface area contributed by atoms with Crippen LogP contribution in [-0.2, 0) is 16.6 Å². The number of ether oxygens (including phenoxy) is 1. The van der Waals surface area contributed by atoms with Gasteiger partial charge in [-0.05, 0) is 17.4 Å². The van der Waals surface area contributed by atoms with Crippen LogP contribution in [0.4, 0.5) is 0 Å². The maximum absolute atomic E-state index is 11.3. The average molecular weight is 230 g/mol. The normalized spacial score (nSPS) is 12.5. The number of aromatic nitrogens is 4. The third-order valence-corrected chi connectivity index (χ3v) is 3.00. The second kappa shape index (κ2) is 5.69. The van der Waals surface area contributed by atoms with E-state index >= 15 is 0 Å². The maximum atomic E-state index is 11.3. The quantitative estimate of drug-likeness (QED) is 0.542. The van der Waals surface area contributed by atoms with Gasteiger partial charge in [-0.3, -0.25) is 4.79 Å². The molecule has 1 heterocycles. The van der Waals surface area contributed by atoms with E-state index < -0.39 is 0 Å². The lowest BCUT2D eigenvalue weighted by Crippen LogP contribution is -2.17. The highest BCUT2D eigenvalue weighted by Crippen LogP contribution is 2.17. The van der Waals surface area contributed by atoms with E-state index in [4.69, 9.17) is 4.74 Å². The highest BCUT2D eigenvalue weighted by molar-refractivity contribution is 7.99. The Morgan fingerprint density at radius 2 is 2.40 bits per heavy atom. The van der Waals surface area contributed by atoms with Crippen molar-refractivity contribution in [3.8, 4) is 0 Å². The number of carbonyl (C=O) groups is 1. The summed E-state index contributed by atoms with van der Waals surface area (Å²) >= 11 is 1.44. The zero-order valence-corrected chi connectivity index (χ0v) is 9.82. The lowest BCUT2D eigenvalue weighted by molar-refractivity contribution is -0.146. The van der Waals surface area contributed by atoms with Gasteiger partial charge in [0.15, 0.2) is 0 Å². The van der Waals surface area contributed by atoms with Crippen LogP contribution < -0.4 is 0 Å². The summed E-state index contributed by atoms with van der Waals surface area (Å²) in [5.41, 5.74) is 0. The molecule has 6 nitrogen and oxygen atoms in total. The minimum Gasteiger partial charge on any atom is -0.466 e. The molecule has 0 bridgehead atoms. The number of carbonyl (C=O) groups excluding carboxylic acids is 1. The molecule has 15 heavy (non-hydrogen) atoms. The summed E-state index contributed by atoms with van der Waals surface area (Å²) in [6, 6.07) is 0. The number of tetrazole rings is 1. The van der Waals surface area contributed by atoms with E-state index in [2.05, 4.69) is 15.5 Å². The molecule has 0 aromatic carbocycles. The molecular formula is C8H14N4O2S. The van der Waals surface area contributed by atoms with Crippen LogP contribution in [0.2, 0.25) is 0 Å². The van der Waals surface area contributed by atoms with E-state index in [9.17, 15) is 4.79 Å². The first kappa shape index (κ1) is 12.0. The number of esters is 1. The molecule has 84 valence electrons. The predicted molar refractivity (Wildman–Crippen MR) is 55.3 cm³/mol. The standard InChI is InChI=1S/C8H14N4O2S/c1-4-14-7(13)6(2)5-15-8-9-10-11-12(8)3/h6H,4-5H2,1-3H3. The summed E-state index contributed by atoms with van der Waals surface area (Å²) in [6.45, 7) is 4.04. The van der Waals surface area contributed by atoms with E-state index in [0.29, 0.717) is 17.5 Å². The second-order valence-corrected chi connectivity index (χ2v) is 4.04. The fourth-order valence-electron chi connectivity index (χ4n) is 0.896. The summed E-state index contributed by atoms with van der Waals surface area (Å²) in [7, 11) is 1.76. The molecule has 0 spiro atoms. The Bertz CT molecular complexity index is 328. The van der Waals surface area contributed by atoms with E-state index in [1.54, 1.807) is 18.7 Å². The van der Waals surface area contributed by atoms with E-state index in [1.165, 1.54) is 11.8 Å². The minimum absolute atomic E-state index is 0.147. The van der Waals surface area contributed by atoms with E-state index in [-0.39, 0.29) is 11.9 Å². The van der Waals surface area contributed by atoms with Gasteiger partial charge in [0.1, 0.15) is 0 Å². The van der Waals surface area contributed by atoms with Crippen LogP contribution in [0, 0.1) is 5.92 Å². The fourth-order valence-corrected chi connectivity index (χ4v) is 1.75. The summed E-state index contributed by atoms with van der Waals surface area (Å²) in [4.78, 5) is 11.3. The second-order valence-electron chi connectivity index (χ2n) is 3.05. The molecule has 0 N–H and O–H groups in total. The van der Waals surface area contributed by atoms with Crippen molar-refractivity contribution >= 4 is 17.7 Å². The first-order valence-electron chi connectivity index (χ1n) is 4.67. The van der Waals surface area contributed by atoms with Gasteiger partial charge in [0, 0.05) is 12.8 Å². The number of nitrogens with zero attached hydrogens (tertiary/aromatic N) is 4. The van der Waals surface area contributed by atoms with Crippen molar-refractivity contribution in [1.82, 2.24) is 20.2 Å². The number of aryl methyl sites for hydroxylation is 1. The van der Waals surface area contributed by atoms with Crippen LogP contribution in [-0.4, -0.2) is 38.5 Å². The Morgan fingerprint density at radius 1 is 1.67 bits per heavy atom. The topological polar surface area (TPSA) is 69.9 Å². The van der Waals surface area contributed by atoms with Gasteiger partial charge in [-0.1, -0.05) is 18.7 Å². The summed E-state index contributed by atoms with van der Waals surface area (Å²) in [6.07, 6.45) is 0. The first-order valence-corrected chi connectivity index (χ1v) is 5.65. The monoisotopic (exact) mass is 230 g/mol. The lowest BCUT2D eigenvalue weighted by atomic mass is 10.2. The Balaban J connectivity index is 2.37. The zero-order valence-electron chi connectivity index (χ0n) is 9.01.